The van der Waals surface area contributed by atoms with E-state index in [4.69, 9.17) is 24.7 Å². The molecule has 0 unspecified atom stereocenters. The van der Waals surface area contributed by atoms with Gasteiger partial charge >= 0.3 is 0 Å². The molecule has 0 radical (unpaired) electrons. The molecule has 2 amide bonds. The molecule has 0 bridgehead atoms. The van der Waals surface area contributed by atoms with Crippen molar-refractivity contribution < 1.29 is 46.1 Å². The maximum atomic E-state index is 14.8. The second-order valence-corrected chi connectivity index (χ2v) is 11.3. The Kier molecular flexibility index (Phi) is 9.55. The molecule has 6 rings (SSSR count). The van der Waals surface area contributed by atoms with Crippen LogP contribution in [-0.4, -0.2) is 61.0 Å². The lowest BCUT2D eigenvalue weighted by molar-refractivity contribution is 0.0283. The van der Waals surface area contributed by atoms with Crippen molar-refractivity contribution in [2.24, 2.45) is 5.73 Å². The van der Waals surface area contributed by atoms with E-state index in [0.29, 0.717) is 54.5 Å². The molecular weight excluding hydrogens is 636 g/mol. The summed E-state index contributed by atoms with van der Waals surface area (Å²) in [7, 11) is 1.54. The van der Waals surface area contributed by atoms with E-state index in [1.807, 2.05) is 0 Å². The number of hydrogen-bond acceptors (Lipinski definition) is 8. The predicted octanol–water partition coefficient (Wildman–Crippen LogP) is 4.90. The molecule has 250 valence electrons. The number of benzene rings is 2. The van der Waals surface area contributed by atoms with Crippen LogP contribution in [0.15, 0.2) is 48.5 Å². The highest BCUT2D eigenvalue weighted by Crippen LogP contribution is 2.38. The van der Waals surface area contributed by atoms with Gasteiger partial charge in [0.25, 0.3) is 11.8 Å². The molecule has 0 fully saturated rings. The lowest BCUT2D eigenvalue weighted by atomic mass is 9.94. The first-order valence-electron chi connectivity index (χ1n) is 15.1. The average molecular weight is 667 g/mol. The number of ether oxygens (including phenoxy) is 4. The second-order valence-electron chi connectivity index (χ2n) is 11.3. The SMILES string of the molecule is COC[C@@H]1CCc2c(-c3ccc(F)cc3F)cc(C(=O)NCOC[C@H]3CCc4c(-c5ccc(F)cc5F)cc(C(N)=O)nc4O3)nc2O1. The second kappa shape index (κ2) is 14.0. The Morgan fingerprint density at radius 1 is 0.792 bits per heavy atom. The number of hydrogen-bond donors (Lipinski definition) is 2. The summed E-state index contributed by atoms with van der Waals surface area (Å²) in [4.78, 5) is 33.7. The van der Waals surface area contributed by atoms with Gasteiger partial charge in [0.15, 0.2) is 0 Å². The van der Waals surface area contributed by atoms with Crippen LogP contribution in [0, 0.1) is 23.3 Å². The zero-order valence-corrected chi connectivity index (χ0v) is 25.7. The third-order valence-corrected chi connectivity index (χ3v) is 8.08. The molecule has 0 aliphatic carbocycles. The lowest BCUT2D eigenvalue weighted by Gasteiger charge is -2.27. The van der Waals surface area contributed by atoms with Crippen molar-refractivity contribution in [3.05, 3.63) is 94.3 Å². The molecule has 4 aromatic rings. The van der Waals surface area contributed by atoms with Crippen molar-refractivity contribution in [3.63, 3.8) is 0 Å². The highest BCUT2D eigenvalue weighted by Gasteiger charge is 2.29. The van der Waals surface area contributed by atoms with Gasteiger partial charge in [-0.1, -0.05) is 0 Å². The summed E-state index contributed by atoms with van der Waals surface area (Å²) in [6.45, 7) is 0.0511. The highest BCUT2D eigenvalue weighted by molar-refractivity contribution is 5.94. The summed E-state index contributed by atoms with van der Waals surface area (Å²) in [5.74, 6) is -4.35. The van der Waals surface area contributed by atoms with Crippen LogP contribution in [0.25, 0.3) is 22.3 Å². The van der Waals surface area contributed by atoms with Crippen LogP contribution in [0.5, 0.6) is 11.8 Å². The first kappa shape index (κ1) is 32.8. The van der Waals surface area contributed by atoms with Crippen molar-refractivity contribution in [2.45, 2.75) is 37.9 Å². The number of nitrogens with two attached hydrogens (primary N) is 1. The summed E-state index contributed by atoms with van der Waals surface area (Å²) in [5.41, 5.74) is 7.18. The molecule has 2 aromatic carbocycles. The van der Waals surface area contributed by atoms with E-state index in [0.717, 1.165) is 24.3 Å². The third kappa shape index (κ3) is 6.94. The number of nitrogens with one attached hydrogen (secondary N) is 1. The average Bonchev–Trinajstić information content (AvgIpc) is 3.05. The number of fused-ring (bicyclic) bond motifs is 2. The Morgan fingerprint density at radius 2 is 1.31 bits per heavy atom. The molecule has 2 aliphatic heterocycles. The number of nitrogens with zero attached hydrogens (tertiary/aromatic N) is 2. The molecule has 2 aromatic heterocycles. The van der Waals surface area contributed by atoms with Crippen LogP contribution in [0.4, 0.5) is 17.6 Å². The number of rotatable bonds is 10. The Labute approximate surface area is 272 Å². The van der Waals surface area contributed by atoms with Crippen LogP contribution in [0.2, 0.25) is 0 Å². The van der Waals surface area contributed by atoms with Crippen molar-refractivity contribution in [3.8, 4) is 34.0 Å². The minimum absolute atomic E-state index is 0.00784. The first-order chi connectivity index (χ1) is 23.1. The number of pyridine rings is 2. The molecule has 0 spiro atoms. The maximum absolute atomic E-state index is 14.8. The maximum Gasteiger partial charge on any atom is 0.271 e. The standard InChI is InChI=1S/C34H30F4N4O6/c1-45-14-19-4-8-24-26(22-7-3-18(36)11-28(22)38)13-30(42-34(24)47-19)32(44)40-16-46-15-20-5-9-23-25(21-6-2-17(35)10-27(21)37)12-29(31(39)43)41-33(23)48-20/h2-3,6-7,10-13,19-20H,4-5,8-9,14-16H2,1H3,(H2,39,43)(H,40,44)/t19-,20+/m0/s1. The fourth-order valence-electron chi connectivity index (χ4n) is 5.78. The molecule has 0 saturated carbocycles. The lowest BCUT2D eigenvalue weighted by Crippen LogP contribution is -2.33. The van der Waals surface area contributed by atoms with Gasteiger partial charge in [0, 0.05) is 41.5 Å². The highest BCUT2D eigenvalue weighted by atomic mass is 19.1. The molecule has 0 saturated heterocycles. The fraction of sp³-hybridized carbons (Fsp3) is 0.294. The molecule has 2 aliphatic rings. The van der Waals surface area contributed by atoms with Gasteiger partial charge in [-0.25, -0.2) is 27.5 Å². The molecule has 4 heterocycles. The normalized spacial score (nSPS) is 16.7. The van der Waals surface area contributed by atoms with E-state index in [2.05, 4.69) is 15.3 Å². The molecule has 2 atom stereocenters. The molecule has 14 heteroatoms. The third-order valence-electron chi connectivity index (χ3n) is 8.08. The summed E-state index contributed by atoms with van der Waals surface area (Å²) in [6, 6.07) is 9.09. The monoisotopic (exact) mass is 666 g/mol. The van der Waals surface area contributed by atoms with Gasteiger partial charge in [0.05, 0.1) is 13.2 Å². The van der Waals surface area contributed by atoms with E-state index < -0.39 is 41.2 Å². The van der Waals surface area contributed by atoms with Crippen molar-refractivity contribution in [2.75, 3.05) is 27.1 Å². The number of carbonyl (C=O) groups is 2. The summed E-state index contributed by atoms with van der Waals surface area (Å²) in [5, 5.41) is 2.61. The summed E-state index contributed by atoms with van der Waals surface area (Å²) < 4.78 is 79.5. The van der Waals surface area contributed by atoms with Gasteiger partial charge in [-0.05, 0) is 73.2 Å². The number of halogens is 4. The minimum atomic E-state index is -0.855. The Morgan fingerprint density at radius 3 is 1.83 bits per heavy atom. The molecular formula is C34H30F4N4O6. The van der Waals surface area contributed by atoms with E-state index in [9.17, 15) is 27.2 Å². The van der Waals surface area contributed by atoms with Crippen LogP contribution in [0.1, 0.15) is 44.9 Å². The van der Waals surface area contributed by atoms with E-state index in [1.54, 1.807) is 0 Å². The molecule has 48 heavy (non-hydrogen) atoms. The van der Waals surface area contributed by atoms with Crippen LogP contribution in [0.3, 0.4) is 0 Å². The number of methoxy groups -OCH3 is 1. The van der Waals surface area contributed by atoms with Gasteiger partial charge < -0.3 is 30.0 Å². The van der Waals surface area contributed by atoms with Crippen LogP contribution < -0.4 is 20.5 Å². The molecule has 3 N–H and O–H groups in total. The van der Waals surface area contributed by atoms with Crippen molar-refractivity contribution in [1.82, 2.24) is 15.3 Å². The van der Waals surface area contributed by atoms with E-state index in [-0.39, 0.29) is 53.7 Å². The fourth-order valence-corrected chi connectivity index (χ4v) is 5.78. The van der Waals surface area contributed by atoms with E-state index >= 15 is 0 Å². The van der Waals surface area contributed by atoms with Crippen LogP contribution >= 0.6 is 0 Å². The van der Waals surface area contributed by atoms with Gasteiger partial charge in [-0.2, -0.15) is 0 Å². The number of primary amides is 1. The van der Waals surface area contributed by atoms with Gasteiger partial charge in [-0.3, -0.25) is 9.59 Å². The zero-order chi connectivity index (χ0) is 33.9. The van der Waals surface area contributed by atoms with Crippen molar-refractivity contribution >= 4 is 11.8 Å². The Bertz CT molecular complexity index is 1890. The number of carbonyl (C=O) groups excluding carboxylic acids is 2. The van der Waals surface area contributed by atoms with Crippen LogP contribution in [-0.2, 0) is 22.3 Å². The topological polar surface area (TPSA) is 135 Å². The first-order valence-corrected chi connectivity index (χ1v) is 15.1. The molecule has 10 nitrogen and oxygen atoms in total. The predicted molar refractivity (Wildman–Crippen MR) is 163 cm³/mol. The van der Waals surface area contributed by atoms with Gasteiger partial charge in [-0.15, -0.1) is 0 Å². The summed E-state index contributed by atoms with van der Waals surface area (Å²) >= 11 is 0. The van der Waals surface area contributed by atoms with E-state index in [1.165, 1.54) is 31.4 Å². The largest absolute Gasteiger partial charge is 0.472 e. The zero-order valence-electron chi connectivity index (χ0n) is 25.7. The number of amides is 2. The van der Waals surface area contributed by atoms with Gasteiger partial charge in [0.1, 0.15) is 53.6 Å². The minimum Gasteiger partial charge on any atom is -0.472 e. The quantitative estimate of drug-likeness (QED) is 0.139. The Balaban J connectivity index is 1.14. The van der Waals surface area contributed by atoms with Gasteiger partial charge in [0.2, 0.25) is 11.8 Å². The smallest absolute Gasteiger partial charge is 0.271 e. The Hall–Kier alpha value is -5.08. The summed E-state index contributed by atoms with van der Waals surface area (Å²) in [6.07, 6.45) is 0.996. The number of aromatic nitrogens is 2. The van der Waals surface area contributed by atoms with Crippen molar-refractivity contribution in [1.29, 1.82) is 0 Å².